The molecule has 0 radical (unpaired) electrons. The highest BCUT2D eigenvalue weighted by Gasteiger charge is 2.31. The predicted molar refractivity (Wildman–Crippen MR) is 88.1 cm³/mol. The topological polar surface area (TPSA) is 73.2 Å². The highest BCUT2D eigenvalue weighted by atomic mass is 19.4. The molecule has 1 amide bonds. The SMILES string of the molecule is Cn1nc(C(=O)Nc2ccc(OC(F)(F)F)cc2)c2ccccc2c1=O. The number of nitrogens with one attached hydrogen (secondary N) is 1. The van der Waals surface area contributed by atoms with E-state index >= 15 is 0 Å². The van der Waals surface area contributed by atoms with E-state index in [0.29, 0.717) is 10.8 Å². The van der Waals surface area contributed by atoms with Gasteiger partial charge in [-0.15, -0.1) is 13.2 Å². The van der Waals surface area contributed by atoms with Crippen molar-refractivity contribution in [2.75, 3.05) is 5.32 Å². The monoisotopic (exact) mass is 363 g/mol. The van der Waals surface area contributed by atoms with Crippen LogP contribution in [0.2, 0.25) is 0 Å². The maximum atomic E-state index is 12.5. The Morgan fingerprint density at radius 3 is 2.31 bits per heavy atom. The number of aryl methyl sites for hydroxylation is 1. The van der Waals surface area contributed by atoms with Gasteiger partial charge in [0, 0.05) is 18.1 Å². The maximum Gasteiger partial charge on any atom is 0.573 e. The number of amides is 1. The zero-order valence-corrected chi connectivity index (χ0v) is 13.4. The zero-order chi connectivity index (χ0) is 18.9. The number of halogens is 3. The van der Waals surface area contributed by atoms with Gasteiger partial charge in [0.05, 0.1) is 5.39 Å². The molecular weight excluding hydrogens is 351 g/mol. The second-order valence-corrected chi connectivity index (χ2v) is 5.35. The lowest BCUT2D eigenvalue weighted by atomic mass is 10.1. The molecule has 134 valence electrons. The largest absolute Gasteiger partial charge is 0.573 e. The van der Waals surface area contributed by atoms with Gasteiger partial charge in [0.1, 0.15) is 5.75 Å². The van der Waals surface area contributed by atoms with E-state index in [1.807, 2.05) is 0 Å². The van der Waals surface area contributed by atoms with Crippen LogP contribution < -0.4 is 15.6 Å². The average Bonchev–Trinajstić information content (AvgIpc) is 2.58. The lowest BCUT2D eigenvalue weighted by Crippen LogP contribution is -2.25. The first kappa shape index (κ1) is 17.5. The molecule has 0 fully saturated rings. The quantitative estimate of drug-likeness (QED) is 0.776. The van der Waals surface area contributed by atoms with E-state index in [0.717, 1.165) is 16.8 Å². The third kappa shape index (κ3) is 3.66. The molecule has 0 saturated heterocycles. The Hall–Kier alpha value is -3.36. The fourth-order valence-electron chi connectivity index (χ4n) is 2.40. The number of hydrogen-bond donors (Lipinski definition) is 1. The summed E-state index contributed by atoms with van der Waals surface area (Å²) in [5, 5.41) is 7.23. The fourth-order valence-corrected chi connectivity index (χ4v) is 2.40. The Bertz CT molecular complexity index is 1030. The lowest BCUT2D eigenvalue weighted by molar-refractivity contribution is -0.274. The number of carbonyl (C=O) groups is 1. The van der Waals surface area contributed by atoms with Crippen LogP contribution in [0.15, 0.2) is 53.3 Å². The summed E-state index contributed by atoms with van der Waals surface area (Å²) in [5.74, 6) is -0.998. The number of alkyl halides is 3. The molecule has 0 spiro atoms. The van der Waals surface area contributed by atoms with E-state index in [1.165, 1.54) is 19.2 Å². The number of hydrogen-bond acceptors (Lipinski definition) is 4. The normalized spacial score (nSPS) is 11.4. The third-order valence-corrected chi connectivity index (χ3v) is 3.52. The molecule has 3 aromatic rings. The van der Waals surface area contributed by atoms with Crippen LogP contribution in [0.1, 0.15) is 10.5 Å². The fraction of sp³-hybridized carbons (Fsp3) is 0.118. The molecule has 0 atom stereocenters. The smallest absolute Gasteiger partial charge is 0.406 e. The number of benzene rings is 2. The van der Waals surface area contributed by atoms with Crippen LogP contribution in [0.25, 0.3) is 10.8 Å². The highest BCUT2D eigenvalue weighted by Crippen LogP contribution is 2.24. The molecule has 1 N–H and O–H groups in total. The average molecular weight is 363 g/mol. The summed E-state index contributed by atoms with van der Waals surface area (Å²) in [6.07, 6.45) is -4.79. The van der Waals surface area contributed by atoms with Crippen molar-refractivity contribution in [3.63, 3.8) is 0 Å². The highest BCUT2D eigenvalue weighted by molar-refractivity contribution is 6.11. The van der Waals surface area contributed by atoms with Crippen molar-refractivity contribution in [2.45, 2.75) is 6.36 Å². The maximum absolute atomic E-state index is 12.5. The van der Waals surface area contributed by atoms with Gasteiger partial charge in [-0.1, -0.05) is 18.2 Å². The number of aromatic nitrogens is 2. The Labute approximate surface area is 144 Å². The van der Waals surface area contributed by atoms with Crippen molar-refractivity contribution in [3.8, 4) is 5.75 Å². The van der Waals surface area contributed by atoms with E-state index in [-0.39, 0.29) is 16.9 Å². The van der Waals surface area contributed by atoms with E-state index in [9.17, 15) is 22.8 Å². The summed E-state index contributed by atoms with van der Waals surface area (Å²) in [6, 6.07) is 11.2. The van der Waals surface area contributed by atoms with Crippen molar-refractivity contribution < 1.29 is 22.7 Å². The first-order chi connectivity index (χ1) is 12.2. The summed E-state index contributed by atoms with van der Waals surface area (Å²) in [4.78, 5) is 24.6. The van der Waals surface area contributed by atoms with Crippen molar-refractivity contribution in [1.82, 2.24) is 9.78 Å². The van der Waals surface area contributed by atoms with Gasteiger partial charge in [-0.2, -0.15) is 5.10 Å². The molecular formula is C17H12F3N3O3. The zero-order valence-electron chi connectivity index (χ0n) is 13.4. The van der Waals surface area contributed by atoms with Crippen LogP contribution in [0.4, 0.5) is 18.9 Å². The summed E-state index contributed by atoms with van der Waals surface area (Å²) >= 11 is 0. The van der Waals surface area contributed by atoms with Gasteiger partial charge in [0.25, 0.3) is 11.5 Å². The molecule has 9 heteroatoms. The van der Waals surface area contributed by atoms with Crippen LogP contribution in [-0.4, -0.2) is 22.1 Å². The number of anilines is 1. The molecule has 0 bridgehead atoms. The van der Waals surface area contributed by atoms with Gasteiger partial charge in [-0.05, 0) is 30.3 Å². The molecule has 0 aliphatic rings. The lowest BCUT2D eigenvalue weighted by Gasteiger charge is -2.11. The third-order valence-electron chi connectivity index (χ3n) is 3.52. The van der Waals surface area contributed by atoms with Crippen LogP contribution in [0.5, 0.6) is 5.75 Å². The van der Waals surface area contributed by atoms with E-state index in [4.69, 9.17) is 0 Å². The molecule has 1 aromatic heterocycles. The van der Waals surface area contributed by atoms with Crippen LogP contribution in [0, 0.1) is 0 Å². The number of carbonyl (C=O) groups excluding carboxylic acids is 1. The number of ether oxygens (including phenoxy) is 1. The van der Waals surface area contributed by atoms with Crippen molar-refractivity contribution in [1.29, 1.82) is 0 Å². The van der Waals surface area contributed by atoms with Crippen LogP contribution in [0.3, 0.4) is 0 Å². The molecule has 26 heavy (non-hydrogen) atoms. The van der Waals surface area contributed by atoms with Gasteiger partial charge < -0.3 is 10.1 Å². The van der Waals surface area contributed by atoms with Crippen molar-refractivity contribution >= 4 is 22.4 Å². The number of nitrogens with zero attached hydrogens (tertiary/aromatic N) is 2. The molecule has 3 rings (SSSR count). The molecule has 0 aliphatic carbocycles. The molecule has 0 saturated carbocycles. The van der Waals surface area contributed by atoms with Gasteiger partial charge in [0.15, 0.2) is 5.69 Å². The van der Waals surface area contributed by atoms with E-state index in [1.54, 1.807) is 24.3 Å². The van der Waals surface area contributed by atoms with Crippen LogP contribution >= 0.6 is 0 Å². The standard InChI is InChI=1S/C17H12F3N3O3/c1-23-16(25)13-5-3-2-4-12(13)14(22-23)15(24)21-10-6-8-11(9-7-10)26-17(18,19)20/h2-9H,1H3,(H,21,24). The Kier molecular flexibility index (Phi) is 4.37. The Morgan fingerprint density at radius 2 is 1.69 bits per heavy atom. The molecule has 6 nitrogen and oxygen atoms in total. The van der Waals surface area contributed by atoms with Crippen LogP contribution in [-0.2, 0) is 7.05 Å². The molecule has 0 aliphatic heterocycles. The van der Waals surface area contributed by atoms with Gasteiger partial charge in [0.2, 0.25) is 0 Å². The minimum Gasteiger partial charge on any atom is -0.406 e. The minimum absolute atomic E-state index is 0.0262. The molecule has 2 aromatic carbocycles. The predicted octanol–water partition coefficient (Wildman–Crippen LogP) is 3.08. The van der Waals surface area contributed by atoms with Gasteiger partial charge in [-0.3, -0.25) is 9.59 Å². The number of rotatable bonds is 3. The van der Waals surface area contributed by atoms with Crippen molar-refractivity contribution in [2.24, 2.45) is 7.05 Å². The van der Waals surface area contributed by atoms with Crippen molar-refractivity contribution in [3.05, 3.63) is 64.6 Å². The van der Waals surface area contributed by atoms with E-state index < -0.39 is 18.0 Å². The second kappa shape index (κ2) is 6.51. The summed E-state index contributed by atoms with van der Waals surface area (Å²) < 4.78 is 41.3. The first-order valence-corrected chi connectivity index (χ1v) is 7.38. The summed E-state index contributed by atoms with van der Waals surface area (Å²) in [7, 11) is 1.43. The first-order valence-electron chi connectivity index (χ1n) is 7.38. The number of fused-ring (bicyclic) bond motifs is 1. The van der Waals surface area contributed by atoms with E-state index in [2.05, 4.69) is 15.2 Å². The minimum atomic E-state index is -4.79. The molecule has 1 heterocycles. The Balaban J connectivity index is 1.88. The second-order valence-electron chi connectivity index (χ2n) is 5.35. The molecule has 0 unspecified atom stereocenters. The Morgan fingerprint density at radius 1 is 1.08 bits per heavy atom. The summed E-state index contributed by atoms with van der Waals surface area (Å²) in [5.41, 5.74) is -0.0617. The van der Waals surface area contributed by atoms with Gasteiger partial charge in [-0.25, -0.2) is 4.68 Å². The van der Waals surface area contributed by atoms with Gasteiger partial charge >= 0.3 is 6.36 Å². The summed E-state index contributed by atoms with van der Waals surface area (Å²) in [6.45, 7) is 0.